The molecule has 0 N–H and O–H groups in total. The zero-order chi connectivity index (χ0) is 24.0. The van der Waals surface area contributed by atoms with Gasteiger partial charge in [-0.3, -0.25) is 4.90 Å². The van der Waals surface area contributed by atoms with E-state index in [4.69, 9.17) is 14.6 Å². The number of methoxy groups -OCH3 is 1. The van der Waals surface area contributed by atoms with Crippen LogP contribution in [0.3, 0.4) is 0 Å². The zero-order valence-corrected chi connectivity index (χ0v) is 21.9. The van der Waals surface area contributed by atoms with Crippen molar-refractivity contribution in [1.29, 1.82) is 0 Å². The zero-order valence-electron chi connectivity index (χ0n) is 20.4. The number of ether oxygens (including phenoxy) is 2. The number of rotatable bonds is 5. The molecule has 1 aromatic heterocycles. The molecular formula is C27H33BrFN3O2. The number of benzene rings is 2. The highest BCUT2D eigenvalue weighted by atomic mass is 79.9. The predicted octanol–water partition coefficient (Wildman–Crippen LogP) is 6.59. The minimum absolute atomic E-state index is 0.00323. The van der Waals surface area contributed by atoms with Gasteiger partial charge in [-0.25, -0.2) is 9.07 Å². The Bertz CT molecular complexity index is 1180. The Morgan fingerprint density at radius 1 is 1.21 bits per heavy atom. The third kappa shape index (κ3) is 4.38. The van der Waals surface area contributed by atoms with Crippen molar-refractivity contribution in [3.05, 3.63) is 57.7 Å². The maximum absolute atomic E-state index is 15.0. The number of hydrogen-bond acceptors (Lipinski definition) is 4. The van der Waals surface area contributed by atoms with E-state index < -0.39 is 5.67 Å². The van der Waals surface area contributed by atoms with Crippen LogP contribution < -0.4 is 4.74 Å². The maximum Gasteiger partial charge on any atom is 0.150 e. The first kappa shape index (κ1) is 23.8. The molecule has 0 spiro atoms. The monoisotopic (exact) mass is 529 g/mol. The number of nitrogens with zero attached hydrogens (tertiary/aromatic N) is 3. The first-order chi connectivity index (χ1) is 16.3. The summed E-state index contributed by atoms with van der Waals surface area (Å²) in [5.41, 5.74) is 3.32. The quantitative estimate of drug-likeness (QED) is 0.373. The van der Waals surface area contributed by atoms with E-state index in [0.717, 1.165) is 53.6 Å². The molecule has 2 aromatic carbocycles. The summed E-state index contributed by atoms with van der Waals surface area (Å²) in [5.74, 6) is 0.799. The molecule has 0 bridgehead atoms. The third-order valence-electron chi connectivity index (χ3n) is 7.10. The van der Waals surface area contributed by atoms with Crippen LogP contribution in [0, 0.1) is 0 Å². The summed E-state index contributed by atoms with van der Waals surface area (Å²) < 4.78 is 29.8. The molecule has 3 heterocycles. The standard InChI is InChI=1S/C27H33BrFN3O2/c1-17-13-21-19(10-11-23-22(21)15-30-32(23)25-7-5-6-12-34-25)26(31(17)16-27(2,3)29)20-9-8-18(28)14-24(20)33-4/h8-11,14-15,17,25-26H,5-7,12-13,16H2,1-4H3/t17-,25?,26+/m1/s1. The fraction of sp³-hybridized carbons (Fsp3) is 0.519. The molecule has 3 atom stereocenters. The van der Waals surface area contributed by atoms with Crippen LogP contribution in [-0.2, 0) is 11.2 Å². The summed E-state index contributed by atoms with van der Waals surface area (Å²) in [6, 6.07) is 10.5. The summed E-state index contributed by atoms with van der Waals surface area (Å²) in [4.78, 5) is 2.29. The molecule has 0 amide bonds. The Morgan fingerprint density at radius 2 is 2.00 bits per heavy atom. The lowest BCUT2D eigenvalue weighted by Gasteiger charge is -2.44. The summed E-state index contributed by atoms with van der Waals surface area (Å²) >= 11 is 3.57. The van der Waals surface area contributed by atoms with Crippen LogP contribution in [0.2, 0.25) is 0 Å². The Hall–Kier alpha value is -1.96. The van der Waals surface area contributed by atoms with Crippen molar-refractivity contribution in [3.63, 3.8) is 0 Å². The van der Waals surface area contributed by atoms with Crippen molar-refractivity contribution in [1.82, 2.24) is 14.7 Å². The van der Waals surface area contributed by atoms with E-state index in [9.17, 15) is 0 Å². The Morgan fingerprint density at radius 3 is 2.71 bits per heavy atom. The first-order valence-corrected chi connectivity index (χ1v) is 12.9. The molecule has 1 fully saturated rings. The topological polar surface area (TPSA) is 39.5 Å². The molecule has 5 nitrogen and oxygen atoms in total. The lowest BCUT2D eigenvalue weighted by Crippen LogP contribution is -2.47. The molecule has 0 aliphatic carbocycles. The second kappa shape index (κ2) is 9.25. The molecule has 2 aliphatic rings. The van der Waals surface area contributed by atoms with Gasteiger partial charge in [0.2, 0.25) is 0 Å². The van der Waals surface area contributed by atoms with Gasteiger partial charge in [-0.15, -0.1) is 0 Å². The SMILES string of the molecule is COc1cc(Br)ccc1[C@@H]1c2ccc3c(cnn3C3CCCCO3)c2C[C@@H](C)N1CC(C)(C)F. The van der Waals surface area contributed by atoms with E-state index >= 15 is 4.39 Å². The van der Waals surface area contributed by atoms with Gasteiger partial charge in [-0.05, 0) is 75.8 Å². The lowest BCUT2D eigenvalue weighted by atomic mass is 9.82. The number of aromatic nitrogens is 2. The van der Waals surface area contributed by atoms with Crippen molar-refractivity contribution in [2.75, 3.05) is 20.3 Å². The molecule has 0 saturated carbocycles. The molecule has 5 rings (SSSR count). The molecule has 182 valence electrons. The smallest absolute Gasteiger partial charge is 0.150 e. The van der Waals surface area contributed by atoms with Crippen LogP contribution in [0.25, 0.3) is 10.9 Å². The van der Waals surface area contributed by atoms with Gasteiger partial charge in [-0.2, -0.15) is 5.10 Å². The van der Waals surface area contributed by atoms with Gasteiger partial charge >= 0.3 is 0 Å². The van der Waals surface area contributed by atoms with Crippen molar-refractivity contribution in [2.24, 2.45) is 0 Å². The van der Waals surface area contributed by atoms with Gasteiger partial charge in [0.05, 0.1) is 24.9 Å². The number of hydrogen-bond donors (Lipinski definition) is 0. The fourth-order valence-electron chi connectivity index (χ4n) is 5.61. The minimum atomic E-state index is -1.32. The molecule has 1 unspecified atom stereocenters. The highest BCUT2D eigenvalue weighted by molar-refractivity contribution is 9.10. The summed E-state index contributed by atoms with van der Waals surface area (Å²) in [6.45, 7) is 6.63. The molecule has 2 aliphatic heterocycles. The van der Waals surface area contributed by atoms with Crippen LogP contribution >= 0.6 is 15.9 Å². The van der Waals surface area contributed by atoms with Crippen molar-refractivity contribution >= 4 is 26.8 Å². The van der Waals surface area contributed by atoms with Crippen LogP contribution in [0.5, 0.6) is 5.75 Å². The lowest BCUT2D eigenvalue weighted by molar-refractivity contribution is -0.0366. The van der Waals surface area contributed by atoms with E-state index in [-0.39, 0.29) is 18.3 Å². The van der Waals surface area contributed by atoms with Crippen molar-refractivity contribution in [2.45, 2.75) is 70.4 Å². The summed E-state index contributed by atoms with van der Waals surface area (Å²) in [5, 5.41) is 5.93. The van der Waals surface area contributed by atoms with Gasteiger partial charge in [0.1, 0.15) is 11.4 Å². The molecule has 3 aromatic rings. The second-order valence-corrected chi connectivity index (χ2v) is 11.1. The summed E-state index contributed by atoms with van der Waals surface area (Å²) in [7, 11) is 1.69. The van der Waals surface area contributed by atoms with Gasteiger partial charge < -0.3 is 9.47 Å². The number of halogens is 2. The number of alkyl halides is 1. The first-order valence-electron chi connectivity index (χ1n) is 12.2. The average Bonchev–Trinajstić information content (AvgIpc) is 3.24. The van der Waals surface area contributed by atoms with Gasteiger partial charge in [0.15, 0.2) is 6.23 Å². The highest BCUT2D eigenvalue weighted by Crippen LogP contribution is 2.45. The molecular weight excluding hydrogens is 497 g/mol. The maximum atomic E-state index is 15.0. The van der Waals surface area contributed by atoms with Gasteiger partial charge in [0, 0.05) is 34.6 Å². The Labute approximate surface area is 209 Å². The Balaban J connectivity index is 1.67. The largest absolute Gasteiger partial charge is 0.496 e. The molecule has 34 heavy (non-hydrogen) atoms. The van der Waals surface area contributed by atoms with Gasteiger partial charge in [-0.1, -0.05) is 28.1 Å². The van der Waals surface area contributed by atoms with Gasteiger partial charge in [0.25, 0.3) is 0 Å². The van der Waals surface area contributed by atoms with Crippen molar-refractivity contribution < 1.29 is 13.9 Å². The Kier molecular flexibility index (Phi) is 6.46. The minimum Gasteiger partial charge on any atom is -0.496 e. The average molecular weight is 530 g/mol. The normalized spacial score (nSPS) is 23.8. The van der Waals surface area contributed by atoms with Crippen LogP contribution in [0.15, 0.2) is 41.0 Å². The highest BCUT2D eigenvalue weighted by Gasteiger charge is 2.39. The van der Waals surface area contributed by atoms with Crippen LogP contribution in [0.4, 0.5) is 4.39 Å². The van der Waals surface area contributed by atoms with Crippen LogP contribution in [0.1, 0.15) is 69.0 Å². The molecule has 7 heteroatoms. The van der Waals surface area contributed by atoms with E-state index in [1.165, 1.54) is 16.5 Å². The van der Waals surface area contributed by atoms with E-state index in [1.807, 2.05) is 23.0 Å². The fourth-order valence-corrected chi connectivity index (χ4v) is 5.95. The molecule has 1 saturated heterocycles. The predicted molar refractivity (Wildman–Crippen MR) is 136 cm³/mol. The third-order valence-corrected chi connectivity index (χ3v) is 7.59. The number of fused-ring (bicyclic) bond motifs is 3. The van der Waals surface area contributed by atoms with E-state index in [0.29, 0.717) is 6.54 Å². The van der Waals surface area contributed by atoms with E-state index in [2.05, 4.69) is 46.0 Å². The molecule has 0 radical (unpaired) electrons. The van der Waals surface area contributed by atoms with Crippen LogP contribution in [-0.4, -0.2) is 46.7 Å². The summed E-state index contributed by atoms with van der Waals surface area (Å²) in [6.07, 6.45) is 6.09. The van der Waals surface area contributed by atoms with E-state index in [1.54, 1.807) is 21.0 Å². The second-order valence-electron chi connectivity index (χ2n) is 10.2. The van der Waals surface area contributed by atoms with Crippen molar-refractivity contribution in [3.8, 4) is 5.75 Å².